The highest BCUT2D eigenvalue weighted by Gasteiger charge is 2.05. The van der Waals surface area contributed by atoms with Crippen molar-refractivity contribution in [2.75, 3.05) is 60.0 Å². The van der Waals surface area contributed by atoms with E-state index in [-0.39, 0.29) is 19.3 Å². The summed E-state index contributed by atoms with van der Waals surface area (Å²) in [5.74, 6) is 0. The second kappa shape index (κ2) is 12.8. The van der Waals surface area contributed by atoms with Crippen molar-refractivity contribution in [3.63, 3.8) is 0 Å². The minimum absolute atomic E-state index is 0.0261. The van der Waals surface area contributed by atoms with E-state index in [9.17, 15) is 0 Å². The van der Waals surface area contributed by atoms with E-state index in [2.05, 4.69) is 0 Å². The molecular formula is C10H22O6. The van der Waals surface area contributed by atoms with Crippen LogP contribution in [0.25, 0.3) is 0 Å². The van der Waals surface area contributed by atoms with Crippen LogP contribution in [-0.2, 0) is 18.9 Å². The van der Waals surface area contributed by atoms with Gasteiger partial charge in [0.05, 0.1) is 52.9 Å². The van der Waals surface area contributed by atoms with Crippen LogP contribution >= 0.6 is 0 Å². The maximum absolute atomic E-state index is 8.87. The van der Waals surface area contributed by atoms with E-state index >= 15 is 0 Å². The van der Waals surface area contributed by atoms with Crippen LogP contribution in [0.15, 0.2) is 0 Å². The fourth-order valence-electron chi connectivity index (χ4n) is 1.000. The molecule has 0 bridgehead atoms. The van der Waals surface area contributed by atoms with Gasteiger partial charge in [0.2, 0.25) is 0 Å². The first-order chi connectivity index (χ1) is 7.85. The molecule has 6 heteroatoms. The number of hydrogen-bond acceptors (Lipinski definition) is 6. The third kappa shape index (κ3) is 10.3. The zero-order valence-corrected chi connectivity index (χ0v) is 9.76. The Morgan fingerprint density at radius 1 is 0.938 bits per heavy atom. The van der Waals surface area contributed by atoms with Crippen molar-refractivity contribution in [3.8, 4) is 0 Å². The number of rotatable bonds is 12. The Balaban J connectivity index is 3.12. The van der Waals surface area contributed by atoms with Crippen molar-refractivity contribution in [1.82, 2.24) is 0 Å². The fraction of sp³-hybridized carbons (Fsp3) is 1.00. The van der Waals surface area contributed by atoms with Gasteiger partial charge in [0.15, 0.2) is 0 Å². The lowest BCUT2D eigenvalue weighted by atomic mass is 10.4. The van der Waals surface area contributed by atoms with Crippen LogP contribution < -0.4 is 0 Å². The Kier molecular flexibility index (Phi) is 12.6. The molecule has 0 aromatic heterocycles. The van der Waals surface area contributed by atoms with Crippen molar-refractivity contribution in [3.05, 3.63) is 0 Å². The summed E-state index contributed by atoms with van der Waals surface area (Å²) < 4.78 is 20.3. The topological polar surface area (TPSA) is 77.4 Å². The first-order valence-corrected chi connectivity index (χ1v) is 5.32. The Bertz CT molecular complexity index is 132. The van der Waals surface area contributed by atoms with E-state index in [1.165, 1.54) is 0 Å². The van der Waals surface area contributed by atoms with Gasteiger partial charge >= 0.3 is 0 Å². The van der Waals surface area contributed by atoms with Gasteiger partial charge in [-0.3, -0.25) is 0 Å². The maximum atomic E-state index is 8.87. The van der Waals surface area contributed by atoms with E-state index < -0.39 is 0 Å². The summed E-state index contributed by atoms with van der Waals surface area (Å²) in [5.41, 5.74) is 0. The predicted octanol–water partition coefficient (Wildman–Crippen LogP) is -0.964. The zero-order valence-electron chi connectivity index (χ0n) is 9.76. The Hall–Kier alpha value is -0.240. The lowest BCUT2D eigenvalue weighted by Crippen LogP contribution is -2.25. The molecule has 6 nitrogen and oxygen atoms in total. The van der Waals surface area contributed by atoms with Crippen LogP contribution in [0.2, 0.25) is 0 Å². The third-order valence-corrected chi connectivity index (χ3v) is 1.75. The Labute approximate surface area is 96.1 Å². The summed E-state index contributed by atoms with van der Waals surface area (Å²) in [6, 6.07) is 0. The smallest absolute Gasteiger partial charge is 0.104 e. The Morgan fingerprint density at radius 2 is 1.56 bits per heavy atom. The molecule has 0 aromatic carbocycles. The number of methoxy groups -OCH3 is 1. The molecule has 0 amide bonds. The third-order valence-electron chi connectivity index (χ3n) is 1.75. The molecule has 0 saturated heterocycles. The molecule has 1 atom stereocenters. The monoisotopic (exact) mass is 238 g/mol. The normalized spacial score (nSPS) is 12.9. The molecule has 98 valence electrons. The molecule has 0 saturated carbocycles. The summed E-state index contributed by atoms with van der Waals surface area (Å²) in [6.07, 6.45) is -0.292. The number of aliphatic hydroxyl groups excluding tert-OH is 2. The van der Waals surface area contributed by atoms with E-state index in [0.29, 0.717) is 39.6 Å². The number of aliphatic hydroxyl groups is 2. The van der Waals surface area contributed by atoms with Crippen molar-refractivity contribution in [2.45, 2.75) is 6.10 Å². The van der Waals surface area contributed by atoms with E-state index in [0.717, 1.165) is 0 Å². The molecule has 0 spiro atoms. The highest BCUT2D eigenvalue weighted by molar-refractivity contribution is 4.52. The van der Waals surface area contributed by atoms with Gasteiger partial charge in [-0.15, -0.1) is 0 Å². The molecule has 0 aliphatic carbocycles. The maximum Gasteiger partial charge on any atom is 0.104 e. The standard InChI is InChI=1S/C10H22O6/c1-13-9-10(8-12)16-7-6-15-5-4-14-3-2-11/h10-12H,2-9H2,1H3. The summed E-state index contributed by atoms with van der Waals surface area (Å²) in [6.45, 7) is 2.46. The fourth-order valence-corrected chi connectivity index (χ4v) is 1.000. The van der Waals surface area contributed by atoms with Crippen molar-refractivity contribution in [2.24, 2.45) is 0 Å². The molecule has 0 aliphatic heterocycles. The molecule has 2 N–H and O–H groups in total. The molecule has 0 aliphatic rings. The summed E-state index contributed by atoms with van der Waals surface area (Å²) in [4.78, 5) is 0. The highest BCUT2D eigenvalue weighted by atomic mass is 16.6. The first-order valence-electron chi connectivity index (χ1n) is 5.32. The molecule has 0 heterocycles. The van der Waals surface area contributed by atoms with Crippen LogP contribution in [0.3, 0.4) is 0 Å². The number of ether oxygens (including phenoxy) is 4. The zero-order chi connectivity index (χ0) is 12.1. The Morgan fingerprint density at radius 3 is 2.12 bits per heavy atom. The van der Waals surface area contributed by atoms with Gasteiger partial charge in [0.1, 0.15) is 6.10 Å². The second-order valence-electron chi connectivity index (χ2n) is 3.08. The average molecular weight is 238 g/mol. The summed E-state index contributed by atoms with van der Waals surface area (Å²) in [7, 11) is 1.56. The molecule has 1 unspecified atom stereocenters. The predicted molar refractivity (Wildman–Crippen MR) is 57.4 cm³/mol. The highest BCUT2D eigenvalue weighted by Crippen LogP contribution is 1.91. The minimum atomic E-state index is -0.292. The molecule has 0 aromatic rings. The van der Waals surface area contributed by atoms with Crippen molar-refractivity contribution in [1.29, 1.82) is 0 Å². The average Bonchev–Trinajstić information content (AvgIpc) is 2.31. The van der Waals surface area contributed by atoms with E-state index in [1.807, 2.05) is 0 Å². The molecule has 0 radical (unpaired) electrons. The summed E-state index contributed by atoms with van der Waals surface area (Å²) >= 11 is 0. The molecule has 0 rings (SSSR count). The van der Waals surface area contributed by atoms with Crippen LogP contribution in [0, 0.1) is 0 Å². The largest absolute Gasteiger partial charge is 0.394 e. The van der Waals surface area contributed by atoms with Gasteiger partial charge in [-0.25, -0.2) is 0 Å². The van der Waals surface area contributed by atoms with Gasteiger partial charge in [-0.05, 0) is 0 Å². The van der Waals surface area contributed by atoms with E-state index in [4.69, 9.17) is 29.2 Å². The lowest BCUT2D eigenvalue weighted by molar-refractivity contribution is -0.0555. The van der Waals surface area contributed by atoms with Crippen LogP contribution in [0.1, 0.15) is 0 Å². The van der Waals surface area contributed by atoms with Crippen LogP contribution in [-0.4, -0.2) is 76.3 Å². The van der Waals surface area contributed by atoms with Gasteiger partial charge in [0.25, 0.3) is 0 Å². The van der Waals surface area contributed by atoms with Gasteiger partial charge in [-0.1, -0.05) is 0 Å². The van der Waals surface area contributed by atoms with Gasteiger partial charge in [-0.2, -0.15) is 0 Å². The van der Waals surface area contributed by atoms with Gasteiger partial charge in [0, 0.05) is 7.11 Å². The molecule has 0 fully saturated rings. The first kappa shape index (κ1) is 15.8. The quantitative estimate of drug-likeness (QED) is 0.426. The second-order valence-corrected chi connectivity index (χ2v) is 3.08. The van der Waals surface area contributed by atoms with E-state index in [1.54, 1.807) is 7.11 Å². The molecular weight excluding hydrogens is 216 g/mol. The van der Waals surface area contributed by atoms with Crippen LogP contribution in [0.4, 0.5) is 0 Å². The SMILES string of the molecule is COCC(CO)OCCOCCOCCO. The summed E-state index contributed by atoms with van der Waals surface area (Å²) in [5, 5.41) is 17.3. The van der Waals surface area contributed by atoms with Crippen molar-refractivity contribution < 1.29 is 29.2 Å². The lowest BCUT2D eigenvalue weighted by Gasteiger charge is -2.14. The van der Waals surface area contributed by atoms with Gasteiger partial charge < -0.3 is 29.2 Å². The minimum Gasteiger partial charge on any atom is -0.394 e. The van der Waals surface area contributed by atoms with Crippen molar-refractivity contribution >= 4 is 0 Å². The number of hydrogen-bond donors (Lipinski definition) is 2. The molecule has 16 heavy (non-hydrogen) atoms. The van der Waals surface area contributed by atoms with Crippen LogP contribution in [0.5, 0.6) is 0 Å².